The first-order valence-electron chi connectivity index (χ1n) is 13.5. The van der Waals surface area contributed by atoms with Gasteiger partial charge in [-0.1, -0.05) is 146 Å². The topological polar surface area (TPSA) is 0 Å². The molecule has 0 heterocycles. The van der Waals surface area contributed by atoms with Crippen LogP contribution in [0.3, 0.4) is 0 Å². The smallest absolute Gasteiger partial charge is 0.0109 e. The van der Waals surface area contributed by atoms with Crippen molar-refractivity contribution in [1.29, 1.82) is 0 Å². The molecule has 0 fully saturated rings. The van der Waals surface area contributed by atoms with Gasteiger partial charge < -0.3 is 0 Å². The number of hydrogen-bond acceptors (Lipinski definition) is 0. The third-order valence-corrected chi connectivity index (χ3v) is 6.63. The fourth-order valence-electron chi connectivity index (χ4n) is 4.68. The molecule has 0 saturated carbocycles. The van der Waals surface area contributed by atoms with E-state index in [1.165, 1.54) is 125 Å². The van der Waals surface area contributed by atoms with Crippen LogP contribution in [-0.4, -0.2) is 0 Å². The molecule has 0 amide bonds. The van der Waals surface area contributed by atoms with Gasteiger partial charge in [-0.15, -0.1) is 0 Å². The second-order valence-electron chi connectivity index (χ2n) is 9.39. The summed E-state index contributed by atoms with van der Waals surface area (Å²) in [5, 5.41) is 2.80. The molecule has 2 rings (SSSR count). The van der Waals surface area contributed by atoms with Crippen molar-refractivity contribution in [3.8, 4) is 0 Å². The molecule has 0 nitrogen and oxygen atoms in total. The van der Waals surface area contributed by atoms with Crippen LogP contribution < -0.4 is 0 Å². The molecule has 2 aromatic rings. The van der Waals surface area contributed by atoms with E-state index in [1.807, 2.05) is 0 Å². The van der Waals surface area contributed by atoms with Crippen molar-refractivity contribution in [3.05, 3.63) is 54.1 Å². The van der Waals surface area contributed by atoms with E-state index in [-0.39, 0.29) is 0 Å². The number of unbranched alkanes of at least 4 members (excludes halogenated alkanes) is 14. The summed E-state index contributed by atoms with van der Waals surface area (Å²) in [6.45, 7) is 4.60. The lowest BCUT2D eigenvalue weighted by atomic mass is 9.93. The molecule has 31 heavy (non-hydrogen) atoms. The van der Waals surface area contributed by atoms with E-state index < -0.39 is 0 Å². The molecule has 0 saturated heterocycles. The monoisotopic (exact) mass is 420 g/mol. The van der Waals surface area contributed by atoms with Gasteiger partial charge in [-0.2, -0.15) is 0 Å². The van der Waals surface area contributed by atoms with Crippen LogP contribution in [0.5, 0.6) is 0 Å². The normalized spacial score (nSPS) is 12.0. The Bertz CT molecular complexity index is 718. The van der Waals surface area contributed by atoms with E-state index in [1.54, 1.807) is 5.57 Å². The average Bonchev–Trinajstić information content (AvgIpc) is 2.81. The van der Waals surface area contributed by atoms with Gasteiger partial charge in [0.1, 0.15) is 0 Å². The van der Waals surface area contributed by atoms with Crippen LogP contribution >= 0.6 is 0 Å². The molecule has 0 N–H and O–H groups in total. The first kappa shape index (κ1) is 25.7. The minimum atomic E-state index is 1.24. The van der Waals surface area contributed by atoms with E-state index in [2.05, 4.69) is 62.4 Å². The summed E-state index contributed by atoms with van der Waals surface area (Å²) < 4.78 is 0. The molecule has 0 heteroatoms. The van der Waals surface area contributed by atoms with Crippen LogP contribution in [0.1, 0.15) is 129 Å². The van der Waals surface area contributed by atoms with Crippen LogP contribution in [0.15, 0.2) is 48.5 Å². The third kappa shape index (κ3) is 10.5. The maximum Gasteiger partial charge on any atom is -0.0109 e. The van der Waals surface area contributed by atoms with Crippen molar-refractivity contribution in [3.63, 3.8) is 0 Å². The summed E-state index contributed by atoms with van der Waals surface area (Å²) in [5.74, 6) is 0. The van der Waals surface area contributed by atoms with Crippen molar-refractivity contribution >= 4 is 16.3 Å². The number of hydrogen-bond donors (Lipinski definition) is 0. The molecule has 0 atom stereocenters. The Balaban J connectivity index is 1.88. The van der Waals surface area contributed by atoms with E-state index >= 15 is 0 Å². The SMILES string of the molecule is CCCCCCCCC/C=C(\CCCCCCCCCC)c1cccc2ccccc12. The third-order valence-electron chi connectivity index (χ3n) is 6.63. The van der Waals surface area contributed by atoms with E-state index in [4.69, 9.17) is 0 Å². The summed E-state index contributed by atoms with van der Waals surface area (Å²) in [4.78, 5) is 0. The van der Waals surface area contributed by atoms with Crippen LogP contribution in [0.4, 0.5) is 0 Å². The largest absolute Gasteiger partial charge is 0.0807 e. The predicted octanol–water partition coefficient (Wildman–Crippen LogP) is 10.9. The zero-order valence-corrected chi connectivity index (χ0v) is 20.6. The Kier molecular flexibility index (Phi) is 14.1. The van der Waals surface area contributed by atoms with Gasteiger partial charge in [-0.3, -0.25) is 0 Å². The summed E-state index contributed by atoms with van der Waals surface area (Å²) in [6.07, 6.45) is 25.9. The van der Waals surface area contributed by atoms with Gasteiger partial charge in [0.15, 0.2) is 0 Å². The maximum absolute atomic E-state index is 2.58. The first-order chi connectivity index (χ1) is 15.4. The van der Waals surface area contributed by atoms with Crippen LogP contribution in [0, 0.1) is 0 Å². The van der Waals surface area contributed by atoms with Crippen LogP contribution in [0.25, 0.3) is 16.3 Å². The fourth-order valence-corrected chi connectivity index (χ4v) is 4.68. The van der Waals surface area contributed by atoms with Gasteiger partial charge in [-0.05, 0) is 47.6 Å². The minimum Gasteiger partial charge on any atom is -0.0807 e. The lowest BCUT2D eigenvalue weighted by Crippen LogP contribution is -1.90. The van der Waals surface area contributed by atoms with Crippen molar-refractivity contribution in [2.24, 2.45) is 0 Å². The fraction of sp³-hybridized carbons (Fsp3) is 0.613. The minimum absolute atomic E-state index is 1.24. The summed E-state index contributed by atoms with van der Waals surface area (Å²) >= 11 is 0. The molecular formula is C31H48. The number of allylic oxidation sites excluding steroid dienone is 2. The van der Waals surface area contributed by atoms with Gasteiger partial charge in [0.05, 0.1) is 0 Å². The summed E-state index contributed by atoms with van der Waals surface area (Å²) in [5.41, 5.74) is 3.07. The van der Waals surface area contributed by atoms with E-state index in [0.717, 1.165) is 0 Å². The van der Waals surface area contributed by atoms with E-state index in [9.17, 15) is 0 Å². The zero-order valence-electron chi connectivity index (χ0n) is 20.6. The molecule has 0 aliphatic rings. The number of benzene rings is 2. The van der Waals surface area contributed by atoms with Gasteiger partial charge in [0, 0.05) is 0 Å². The quantitative estimate of drug-likeness (QED) is 0.210. The zero-order chi connectivity index (χ0) is 22.0. The molecule has 0 unspecified atom stereocenters. The van der Waals surface area contributed by atoms with Gasteiger partial charge >= 0.3 is 0 Å². The lowest BCUT2D eigenvalue weighted by Gasteiger charge is -2.12. The summed E-state index contributed by atoms with van der Waals surface area (Å²) in [7, 11) is 0. The second-order valence-corrected chi connectivity index (χ2v) is 9.39. The Morgan fingerprint density at radius 2 is 1.13 bits per heavy atom. The number of rotatable bonds is 18. The Morgan fingerprint density at radius 3 is 1.81 bits per heavy atom. The van der Waals surface area contributed by atoms with Gasteiger partial charge in [-0.25, -0.2) is 0 Å². The molecule has 0 aromatic heterocycles. The maximum atomic E-state index is 2.58. The van der Waals surface area contributed by atoms with Crippen LogP contribution in [-0.2, 0) is 0 Å². The average molecular weight is 421 g/mol. The molecule has 2 aromatic carbocycles. The standard InChI is InChI=1S/C31H48/c1-3-5-7-9-11-13-15-17-22-28(23-18-16-14-12-10-8-6-4-2)31-27-21-25-29-24-19-20-26-30(29)31/h19-22,24-27H,3-18,23H2,1-2H3/b28-22+. The highest BCUT2D eigenvalue weighted by Gasteiger charge is 2.06. The molecule has 172 valence electrons. The molecule has 0 bridgehead atoms. The van der Waals surface area contributed by atoms with Crippen molar-refractivity contribution in [2.45, 2.75) is 123 Å². The molecule has 0 radical (unpaired) electrons. The molecule has 0 aliphatic carbocycles. The van der Waals surface area contributed by atoms with Crippen molar-refractivity contribution in [1.82, 2.24) is 0 Å². The molecular weight excluding hydrogens is 372 g/mol. The van der Waals surface area contributed by atoms with Gasteiger partial charge in [0.2, 0.25) is 0 Å². The van der Waals surface area contributed by atoms with Crippen molar-refractivity contribution < 1.29 is 0 Å². The van der Waals surface area contributed by atoms with Gasteiger partial charge in [0.25, 0.3) is 0 Å². The van der Waals surface area contributed by atoms with Crippen molar-refractivity contribution in [2.75, 3.05) is 0 Å². The Hall–Kier alpha value is -1.56. The number of fused-ring (bicyclic) bond motifs is 1. The highest BCUT2D eigenvalue weighted by atomic mass is 14.1. The molecule has 0 spiro atoms. The first-order valence-corrected chi connectivity index (χ1v) is 13.5. The molecule has 0 aliphatic heterocycles. The lowest BCUT2D eigenvalue weighted by molar-refractivity contribution is 0.578. The predicted molar refractivity (Wildman–Crippen MR) is 142 cm³/mol. The van der Waals surface area contributed by atoms with E-state index in [0.29, 0.717) is 0 Å². The second kappa shape index (κ2) is 17.0. The Morgan fingerprint density at radius 1 is 0.581 bits per heavy atom. The Labute approximate surface area is 193 Å². The van der Waals surface area contributed by atoms with Crippen LogP contribution in [0.2, 0.25) is 0 Å². The highest BCUT2D eigenvalue weighted by molar-refractivity contribution is 5.93. The highest BCUT2D eigenvalue weighted by Crippen LogP contribution is 2.29. The summed E-state index contributed by atoms with van der Waals surface area (Å²) in [6, 6.07) is 15.8.